The molecule has 18 heavy (non-hydrogen) atoms. The first kappa shape index (κ1) is 13.0. The molecule has 1 aromatic heterocycles. The lowest BCUT2D eigenvalue weighted by atomic mass is 10.2. The van der Waals surface area contributed by atoms with Gasteiger partial charge in [-0.2, -0.15) is 4.98 Å². The molecule has 1 aromatic carbocycles. The van der Waals surface area contributed by atoms with Gasteiger partial charge in [-0.25, -0.2) is 0 Å². The predicted octanol–water partition coefficient (Wildman–Crippen LogP) is 1.50. The van der Waals surface area contributed by atoms with Crippen LogP contribution in [-0.4, -0.2) is 29.0 Å². The van der Waals surface area contributed by atoms with Crippen molar-refractivity contribution in [2.24, 2.45) is 5.73 Å². The molecule has 1 unspecified atom stereocenters. The van der Waals surface area contributed by atoms with Crippen molar-refractivity contribution in [3.8, 4) is 17.2 Å². The number of aliphatic hydroxyl groups excluding tert-OH is 1. The van der Waals surface area contributed by atoms with Gasteiger partial charge in [-0.05, 0) is 34.1 Å². The quantitative estimate of drug-likeness (QED) is 0.888. The Balaban J connectivity index is 2.39. The molecule has 0 aliphatic rings. The molecule has 3 N–H and O–H groups in total. The SMILES string of the molecule is COc1ccc(Br)c(-c2nc(C(N)CO)no2)c1. The van der Waals surface area contributed by atoms with Crippen LogP contribution in [0, 0.1) is 0 Å². The maximum absolute atomic E-state index is 8.93. The van der Waals surface area contributed by atoms with Crippen LogP contribution in [0.1, 0.15) is 11.9 Å². The van der Waals surface area contributed by atoms with Gasteiger partial charge in [-0.1, -0.05) is 5.16 Å². The van der Waals surface area contributed by atoms with Crippen LogP contribution in [0.2, 0.25) is 0 Å². The highest BCUT2D eigenvalue weighted by Gasteiger charge is 2.16. The van der Waals surface area contributed by atoms with E-state index in [1.54, 1.807) is 13.2 Å². The van der Waals surface area contributed by atoms with E-state index in [9.17, 15) is 0 Å². The van der Waals surface area contributed by atoms with Crippen LogP contribution in [0.3, 0.4) is 0 Å². The van der Waals surface area contributed by atoms with Gasteiger partial charge < -0.3 is 20.1 Å². The van der Waals surface area contributed by atoms with Crippen LogP contribution in [0.4, 0.5) is 0 Å². The molecule has 0 fully saturated rings. The minimum atomic E-state index is -0.646. The molecule has 1 atom stereocenters. The molecular weight excluding hydrogens is 302 g/mol. The molecule has 7 heteroatoms. The Kier molecular flexibility index (Phi) is 3.95. The van der Waals surface area contributed by atoms with Crippen LogP contribution in [0.25, 0.3) is 11.5 Å². The predicted molar refractivity (Wildman–Crippen MR) is 68.0 cm³/mol. The highest BCUT2D eigenvalue weighted by molar-refractivity contribution is 9.10. The number of ether oxygens (including phenoxy) is 1. The summed E-state index contributed by atoms with van der Waals surface area (Å²) in [6.07, 6.45) is 0. The summed E-state index contributed by atoms with van der Waals surface area (Å²) < 4.78 is 11.0. The van der Waals surface area contributed by atoms with E-state index in [1.807, 2.05) is 12.1 Å². The first-order valence-corrected chi connectivity index (χ1v) is 5.99. The first-order chi connectivity index (χ1) is 8.65. The van der Waals surface area contributed by atoms with E-state index in [0.717, 1.165) is 4.47 Å². The monoisotopic (exact) mass is 313 g/mol. The Bertz CT molecular complexity index is 544. The molecule has 6 nitrogen and oxygen atoms in total. The summed E-state index contributed by atoms with van der Waals surface area (Å²) in [6.45, 7) is -0.238. The molecule has 1 heterocycles. The number of hydrogen-bond donors (Lipinski definition) is 2. The van der Waals surface area contributed by atoms with Gasteiger partial charge in [0.05, 0.1) is 25.3 Å². The standard InChI is InChI=1S/C11H12BrN3O3/c1-17-6-2-3-8(12)7(4-6)11-14-10(15-18-11)9(13)5-16/h2-4,9,16H,5,13H2,1H3. The average Bonchev–Trinajstić information content (AvgIpc) is 2.88. The van der Waals surface area contributed by atoms with Gasteiger partial charge in [0.2, 0.25) is 0 Å². The summed E-state index contributed by atoms with van der Waals surface area (Å²) >= 11 is 3.40. The fourth-order valence-corrected chi connectivity index (χ4v) is 1.79. The number of halogens is 1. The fourth-order valence-electron chi connectivity index (χ4n) is 1.37. The molecule has 0 radical (unpaired) electrons. The van der Waals surface area contributed by atoms with Crippen LogP contribution in [-0.2, 0) is 0 Å². The molecule has 2 aromatic rings. The van der Waals surface area contributed by atoms with E-state index in [0.29, 0.717) is 17.2 Å². The molecule has 0 aliphatic carbocycles. The van der Waals surface area contributed by atoms with Crippen molar-refractivity contribution in [1.82, 2.24) is 10.1 Å². The van der Waals surface area contributed by atoms with Crippen molar-refractivity contribution < 1.29 is 14.4 Å². The lowest BCUT2D eigenvalue weighted by Crippen LogP contribution is -2.15. The Morgan fingerprint density at radius 1 is 1.56 bits per heavy atom. The number of hydrogen-bond acceptors (Lipinski definition) is 6. The second kappa shape index (κ2) is 5.47. The van der Waals surface area contributed by atoms with E-state index in [4.69, 9.17) is 20.1 Å². The van der Waals surface area contributed by atoms with Gasteiger partial charge in [0.1, 0.15) is 5.75 Å². The van der Waals surface area contributed by atoms with Gasteiger partial charge in [0.15, 0.2) is 5.82 Å². The second-order valence-electron chi connectivity index (χ2n) is 3.59. The van der Waals surface area contributed by atoms with Crippen LogP contribution in [0.15, 0.2) is 27.2 Å². The number of aliphatic hydroxyl groups is 1. The molecule has 0 saturated carbocycles. The zero-order valence-electron chi connectivity index (χ0n) is 9.63. The van der Waals surface area contributed by atoms with Crippen molar-refractivity contribution in [3.63, 3.8) is 0 Å². The van der Waals surface area contributed by atoms with E-state index in [-0.39, 0.29) is 12.4 Å². The van der Waals surface area contributed by atoms with Gasteiger partial charge in [0, 0.05) is 4.47 Å². The highest BCUT2D eigenvalue weighted by Crippen LogP contribution is 2.30. The first-order valence-electron chi connectivity index (χ1n) is 5.19. The number of nitrogens with two attached hydrogens (primary N) is 1. The Hall–Kier alpha value is -1.44. The highest BCUT2D eigenvalue weighted by atomic mass is 79.9. The number of methoxy groups -OCH3 is 1. The van der Waals surface area contributed by atoms with Crippen LogP contribution in [0.5, 0.6) is 5.75 Å². The zero-order chi connectivity index (χ0) is 13.1. The van der Waals surface area contributed by atoms with Crippen LogP contribution >= 0.6 is 15.9 Å². The van der Waals surface area contributed by atoms with E-state index in [2.05, 4.69) is 26.1 Å². The smallest absolute Gasteiger partial charge is 0.259 e. The Morgan fingerprint density at radius 3 is 3.00 bits per heavy atom. The summed E-state index contributed by atoms with van der Waals surface area (Å²) in [5, 5.41) is 12.7. The third kappa shape index (κ3) is 2.53. The maximum Gasteiger partial charge on any atom is 0.259 e. The molecule has 0 spiro atoms. The summed E-state index contributed by atoms with van der Waals surface area (Å²) in [6, 6.07) is 4.76. The number of nitrogens with zero attached hydrogens (tertiary/aromatic N) is 2. The Morgan fingerprint density at radius 2 is 2.33 bits per heavy atom. The van der Waals surface area contributed by atoms with Crippen molar-refractivity contribution >= 4 is 15.9 Å². The fraction of sp³-hybridized carbons (Fsp3) is 0.273. The molecule has 96 valence electrons. The van der Waals surface area contributed by atoms with Crippen molar-refractivity contribution in [2.75, 3.05) is 13.7 Å². The number of benzene rings is 1. The van der Waals surface area contributed by atoms with Gasteiger partial charge in [-0.3, -0.25) is 0 Å². The molecule has 0 aliphatic heterocycles. The van der Waals surface area contributed by atoms with Crippen molar-refractivity contribution in [2.45, 2.75) is 6.04 Å². The van der Waals surface area contributed by atoms with Gasteiger partial charge in [0.25, 0.3) is 5.89 Å². The lowest BCUT2D eigenvalue weighted by Gasteiger charge is -2.03. The van der Waals surface area contributed by atoms with Crippen molar-refractivity contribution in [3.05, 3.63) is 28.5 Å². The third-order valence-electron chi connectivity index (χ3n) is 2.37. The zero-order valence-corrected chi connectivity index (χ0v) is 11.2. The second-order valence-corrected chi connectivity index (χ2v) is 4.45. The molecule has 0 saturated heterocycles. The molecule has 2 rings (SSSR count). The summed E-state index contributed by atoms with van der Waals surface area (Å²) in [5.74, 6) is 1.27. The third-order valence-corrected chi connectivity index (χ3v) is 3.07. The summed E-state index contributed by atoms with van der Waals surface area (Å²) in [4.78, 5) is 4.14. The largest absolute Gasteiger partial charge is 0.497 e. The maximum atomic E-state index is 8.93. The number of rotatable bonds is 4. The lowest BCUT2D eigenvalue weighted by molar-refractivity contribution is 0.260. The minimum absolute atomic E-state index is 0.238. The Labute approximate surface area is 112 Å². The van der Waals surface area contributed by atoms with Crippen LogP contribution < -0.4 is 10.5 Å². The summed E-state index contributed by atoms with van der Waals surface area (Å²) in [5.41, 5.74) is 6.32. The molecule has 0 bridgehead atoms. The van der Waals surface area contributed by atoms with E-state index < -0.39 is 6.04 Å². The van der Waals surface area contributed by atoms with Gasteiger partial charge >= 0.3 is 0 Å². The molecule has 0 amide bonds. The van der Waals surface area contributed by atoms with Crippen molar-refractivity contribution in [1.29, 1.82) is 0 Å². The minimum Gasteiger partial charge on any atom is -0.497 e. The van der Waals surface area contributed by atoms with E-state index >= 15 is 0 Å². The summed E-state index contributed by atoms with van der Waals surface area (Å²) in [7, 11) is 1.58. The normalized spacial score (nSPS) is 12.4. The van der Waals surface area contributed by atoms with E-state index in [1.165, 1.54) is 0 Å². The molecular formula is C11H12BrN3O3. The topological polar surface area (TPSA) is 94.4 Å². The number of aromatic nitrogens is 2. The van der Waals surface area contributed by atoms with Gasteiger partial charge in [-0.15, -0.1) is 0 Å². The average molecular weight is 314 g/mol.